The van der Waals surface area contributed by atoms with Crippen LogP contribution < -0.4 is 4.74 Å². The summed E-state index contributed by atoms with van der Waals surface area (Å²) in [6.45, 7) is 2.48. The van der Waals surface area contributed by atoms with Gasteiger partial charge in [0.1, 0.15) is 5.75 Å². The summed E-state index contributed by atoms with van der Waals surface area (Å²) in [7, 11) is 0. The number of ether oxygens (including phenoxy) is 1. The minimum Gasteiger partial charge on any atom is -0.492 e. The Hall–Kier alpha value is -0.580. The number of carbonyl (C=O) groups excluding carboxylic acids is 1. The molecule has 0 bridgehead atoms. The van der Waals surface area contributed by atoms with Gasteiger partial charge in [-0.2, -0.15) is 0 Å². The van der Waals surface area contributed by atoms with E-state index in [0.717, 1.165) is 9.86 Å². The van der Waals surface area contributed by atoms with Gasteiger partial charge in [-0.3, -0.25) is 4.79 Å². The lowest BCUT2D eigenvalue weighted by molar-refractivity contribution is 0.111. The molecule has 0 N–H and O–H groups in total. The zero-order valence-corrected chi connectivity index (χ0v) is 8.87. The number of para-hydroxylation sites is 1. The number of rotatable bonds is 3. The summed E-state index contributed by atoms with van der Waals surface area (Å²) in [4.78, 5) is 10.6. The van der Waals surface area contributed by atoms with Crippen molar-refractivity contribution in [3.8, 4) is 5.75 Å². The van der Waals surface area contributed by atoms with E-state index < -0.39 is 0 Å². The van der Waals surface area contributed by atoms with E-state index >= 15 is 0 Å². The van der Waals surface area contributed by atoms with E-state index in [-0.39, 0.29) is 0 Å². The monoisotopic (exact) mass is 276 g/mol. The molecule has 0 amide bonds. The van der Waals surface area contributed by atoms with Gasteiger partial charge in [0.15, 0.2) is 6.29 Å². The highest BCUT2D eigenvalue weighted by atomic mass is 127. The van der Waals surface area contributed by atoms with Gasteiger partial charge in [0.2, 0.25) is 0 Å². The predicted octanol–water partition coefficient (Wildman–Crippen LogP) is 2.50. The van der Waals surface area contributed by atoms with E-state index in [4.69, 9.17) is 4.74 Å². The van der Waals surface area contributed by atoms with Crippen LogP contribution in [0.4, 0.5) is 0 Å². The van der Waals surface area contributed by atoms with Crippen molar-refractivity contribution >= 4 is 28.9 Å². The van der Waals surface area contributed by atoms with Crippen molar-refractivity contribution in [3.05, 3.63) is 27.3 Å². The SMILES string of the molecule is CCOc1c(I)cccc1C=O. The van der Waals surface area contributed by atoms with Crippen LogP contribution in [-0.4, -0.2) is 12.9 Å². The molecular formula is C9H9IO2. The van der Waals surface area contributed by atoms with Gasteiger partial charge in [-0.15, -0.1) is 0 Å². The van der Waals surface area contributed by atoms with E-state index in [0.29, 0.717) is 17.9 Å². The van der Waals surface area contributed by atoms with Crippen molar-refractivity contribution in [2.24, 2.45) is 0 Å². The van der Waals surface area contributed by atoms with Gasteiger partial charge in [0, 0.05) is 0 Å². The Balaban J connectivity index is 3.10. The molecule has 0 saturated carbocycles. The van der Waals surface area contributed by atoms with E-state index in [1.54, 1.807) is 6.07 Å². The lowest BCUT2D eigenvalue weighted by Gasteiger charge is -2.07. The number of carbonyl (C=O) groups is 1. The Morgan fingerprint density at radius 1 is 1.58 bits per heavy atom. The topological polar surface area (TPSA) is 26.3 Å². The fourth-order valence-corrected chi connectivity index (χ4v) is 1.59. The van der Waals surface area contributed by atoms with Crippen LogP contribution >= 0.6 is 22.6 Å². The Morgan fingerprint density at radius 2 is 2.33 bits per heavy atom. The third-order valence-electron chi connectivity index (χ3n) is 1.41. The van der Waals surface area contributed by atoms with Gasteiger partial charge < -0.3 is 4.74 Å². The standard InChI is InChI=1S/C9H9IO2/c1-2-12-9-7(6-11)4-3-5-8(9)10/h3-6H,2H2,1H3. The predicted molar refractivity (Wildman–Crippen MR) is 55.7 cm³/mol. The third kappa shape index (κ3) is 1.97. The van der Waals surface area contributed by atoms with Crippen LogP contribution in [-0.2, 0) is 0 Å². The van der Waals surface area contributed by atoms with E-state index in [2.05, 4.69) is 22.6 Å². The zero-order valence-electron chi connectivity index (χ0n) is 6.71. The number of aldehydes is 1. The molecule has 0 spiro atoms. The first-order valence-electron chi connectivity index (χ1n) is 3.66. The van der Waals surface area contributed by atoms with E-state index in [1.165, 1.54) is 0 Å². The van der Waals surface area contributed by atoms with Crippen LogP contribution in [0.2, 0.25) is 0 Å². The maximum atomic E-state index is 10.6. The van der Waals surface area contributed by atoms with Crippen molar-refractivity contribution in [3.63, 3.8) is 0 Å². The summed E-state index contributed by atoms with van der Waals surface area (Å²) in [5.41, 5.74) is 0.615. The van der Waals surface area contributed by atoms with Crippen molar-refractivity contribution in [2.75, 3.05) is 6.61 Å². The smallest absolute Gasteiger partial charge is 0.153 e. The minimum atomic E-state index is 0.584. The second-order valence-corrected chi connectivity index (χ2v) is 3.37. The highest BCUT2D eigenvalue weighted by molar-refractivity contribution is 14.1. The first-order chi connectivity index (χ1) is 5.79. The molecule has 0 radical (unpaired) electrons. The fourth-order valence-electron chi connectivity index (χ4n) is 0.915. The van der Waals surface area contributed by atoms with Crippen molar-refractivity contribution in [2.45, 2.75) is 6.92 Å². The molecule has 1 aromatic rings. The molecule has 64 valence electrons. The van der Waals surface area contributed by atoms with Crippen LogP contribution in [0.15, 0.2) is 18.2 Å². The van der Waals surface area contributed by atoms with Gasteiger partial charge in [-0.25, -0.2) is 0 Å². The van der Waals surface area contributed by atoms with Crippen molar-refractivity contribution in [1.29, 1.82) is 0 Å². The van der Waals surface area contributed by atoms with Crippen LogP contribution in [0.25, 0.3) is 0 Å². The molecule has 1 rings (SSSR count). The fraction of sp³-hybridized carbons (Fsp3) is 0.222. The molecule has 0 aliphatic carbocycles. The molecule has 3 heteroatoms. The first kappa shape index (κ1) is 9.51. The van der Waals surface area contributed by atoms with Gasteiger partial charge >= 0.3 is 0 Å². The molecule has 0 fully saturated rings. The molecule has 0 aliphatic rings. The lowest BCUT2D eigenvalue weighted by atomic mass is 10.2. The zero-order chi connectivity index (χ0) is 8.97. The van der Waals surface area contributed by atoms with Gasteiger partial charge in [0.05, 0.1) is 15.7 Å². The number of hydrogen-bond acceptors (Lipinski definition) is 2. The second-order valence-electron chi connectivity index (χ2n) is 2.21. The first-order valence-corrected chi connectivity index (χ1v) is 4.74. The van der Waals surface area contributed by atoms with Crippen LogP contribution in [0.1, 0.15) is 17.3 Å². The van der Waals surface area contributed by atoms with Crippen LogP contribution in [0, 0.1) is 3.57 Å². The maximum Gasteiger partial charge on any atom is 0.153 e. The average molecular weight is 276 g/mol. The molecule has 1 aromatic carbocycles. The summed E-state index contributed by atoms with van der Waals surface area (Å²) in [5, 5.41) is 0. The minimum absolute atomic E-state index is 0.584. The van der Waals surface area contributed by atoms with E-state index in [9.17, 15) is 4.79 Å². The summed E-state index contributed by atoms with van der Waals surface area (Å²) in [6, 6.07) is 5.51. The Morgan fingerprint density at radius 3 is 2.92 bits per heavy atom. The Labute approximate surface area is 85.1 Å². The molecule has 0 unspecified atom stereocenters. The lowest BCUT2D eigenvalue weighted by Crippen LogP contribution is -1.97. The van der Waals surface area contributed by atoms with Gasteiger partial charge in [-0.05, 0) is 41.6 Å². The molecule has 0 heterocycles. The Bertz CT molecular complexity index is 284. The molecular weight excluding hydrogens is 267 g/mol. The number of benzene rings is 1. The molecule has 12 heavy (non-hydrogen) atoms. The Kier molecular flexibility index (Phi) is 3.52. The number of halogens is 1. The molecule has 0 saturated heterocycles. The van der Waals surface area contributed by atoms with Crippen LogP contribution in [0.3, 0.4) is 0 Å². The van der Waals surface area contributed by atoms with E-state index in [1.807, 2.05) is 19.1 Å². The van der Waals surface area contributed by atoms with Gasteiger partial charge in [-0.1, -0.05) is 6.07 Å². The van der Waals surface area contributed by atoms with Gasteiger partial charge in [0.25, 0.3) is 0 Å². The molecule has 0 aliphatic heterocycles. The highest BCUT2D eigenvalue weighted by Gasteiger charge is 2.05. The summed E-state index contributed by atoms with van der Waals surface area (Å²) >= 11 is 2.15. The molecule has 0 aromatic heterocycles. The normalized spacial score (nSPS) is 9.50. The number of hydrogen-bond donors (Lipinski definition) is 0. The third-order valence-corrected chi connectivity index (χ3v) is 2.26. The van der Waals surface area contributed by atoms with Crippen LogP contribution in [0.5, 0.6) is 5.75 Å². The van der Waals surface area contributed by atoms with Crippen molar-refractivity contribution in [1.82, 2.24) is 0 Å². The average Bonchev–Trinajstić information content (AvgIpc) is 2.09. The largest absolute Gasteiger partial charge is 0.492 e. The van der Waals surface area contributed by atoms with Crippen molar-refractivity contribution < 1.29 is 9.53 Å². The summed E-state index contributed by atoms with van der Waals surface area (Å²) in [6.07, 6.45) is 0.813. The summed E-state index contributed by atoms with van der Waals surface area (Å²) < 4.78 is 6.29. The highest BCUT2D eigenvalue weighted by Crippen LogP contribution is 2.23. The maximum absolute atomic E-state index is 10.6. The summed E-state index contributed by atoms with van der Waals surface area (Å²) in [5.74, 6) is 0.690. The second kappa shape index (κ2) is 4.45. The quantitative estimate of drug-likeness (QED) is 0.626. The molecule has 2 nitrogen and oxygen atoms in total. The molecule has 0 atom stereocenters.